The number of hydrogen-bond acceptors (Lipinski definition) is 2. The summed E-state index contributed by atoms with van der Waals surface area (Å²) in [5.41, 5.74) is -12.8. The number of benzene rings is 8. The van der Waals surface area contributed by atoms with E-state index in [4.69, 9.17) is 34.6 Å². The second-order valence-corrected chi connectivity index (χ2v) is 10.3. The molecule has 0 saturated heterocycles. The summed E-state index contributed by atoms with van der Waals surface area (Å²) in [6.45, 7) is 0. The molecule has 52 heavy (non-hydrogen) atoms. The van der Waals surface area contributed by atoms with E-state index in [1.807, 2.05) is 0 Å². The Kier molecular flexibility index (Phi) is 2.99. The van der Waals surface area contributed by atoms with Crippen LogP contribution in [0.5, 0.6) is 0 Å². The largest absolute Gasteiger partial charge is 0.455 e. The van der Waals surface area contributed by atoms with E-state index in [1.54, 1.807) is 0 Å². The highest BCUT2D eigenvalue weighted by Gasteiger charge is 2.18. The molecule has 0 bridgehead atoms. The van der Waals surface area contributed by atoms with Crippen molar-refractivity contribution >= 4 is 28.0 Å². The molecule has 2 nitrogen and oxygen atoms in total. The molecule has 8 aromatic carbocycles. The fraction of sp³-hybridized carbons (Fsp3) is 0. The molecule has 0 aliphatic heterocycles. The summed E-state index contributed by atoms with van der Waals surface area (Å²) in [4.78, 5) is 0.222. The quantitative estimate of drug-likeness (QED) is 0.157. The van der Waals surface area contributed by atoms with Crippen LogP contribution >= 0.6 is 0 Å². The lowest BCUT2D eigenvalue weighted by molar-refractivity contribution is 0.632. The molecule has 0 aliphatic carbocycles. The smallest absolute Gasteiger partial charge is 0.143 e. The van der Waals surface area contributed by atoms with Crippen molar-refractivity contribution in [3.8, 4) is 55.8 Å². The molecule has 2 heteroatoms. The zero-order valence-corrected chi connectivity index (χ0v) is 25.9. The van der Waals surface area contributed by atoms with E-state index in [0.29, 0.717) is 0 Å². The Morgan fingerprint density at radius 3 is 1.23 bits per heavy atom. The maximum atomic E-state index is 9.67. The summed E-state index contributed by atoms with van der Waals surface area (Å²) < 4.78 is 317. The van der Waals surface area contributed by atoms with Gasteiger partial charge in [0.15, 0.2) is 0 Å². The van der Waals surface area contributed by atoms with Crippen LogP contribution < -0.4 is 4.90 Å². The first-order valence-electron chi connectivity index (χ1n) is 32.3. The molecule has 246 valence electrons. The molecular formula is C50H35NO. The first-order chi connectivity index (χ1) is 40.4. The Balaban J connectivity index is 1.43. The average Bonchev–Trinajstić information content (AvgIpc) is 1.72. The summed E-state index contributed by atoms with van der Waals surface area (Å²) in [5, 5.41) is -0.656. The lowest BCUT2D eigenvalue weighted by Crippen LogP contribution is -2.09. The maximum absolute atomic E-state index is 9.67. The number of anilines is 3. The number of fused-ring (bicyclic) bond motifs is 1. The van der Waals surface area contributed by atoms with Gasteiger partial charge in [-0.15, -0.1) is 0 Å². The van der Waals surface area contributed by atoms with Crippen LogP contribution in [0.3, 0.4) is 0 Å². The van der Waals surface area contributed by atoms with Gasteiger partial charge in [-0.25, -0.2) is 0 Å². The molecule has 0 saturated carbocycles. The SMILES string of the molecule is [2H]c1c([2H])c([2H])c(-c2c([2H])c([2H])c(N(c3c([2H])c([2H])c(-c4c([2H])c([2H])c([2H])c([2H])c4[2H])c([2H])c3[2H])c3c([2H])c([2H])c(-c4c([2H])c([2H])c([2H])c(-c5oc6c([2H])c([2H])c([2H])c([2H])c6c5-c5c([2H])c([2H])c([2H])c([2H])c5[2H])c4[2H])c([2H])c3[2H])c([2H])c2[2H])c([2H])c1[2H]. The van der Waals surface area contributed by atoms with E-state index in [9.17, 15) is 17.8 Å². The first-order valence-corrected chi connectivity index (χ1v) is 14.8. The Labute approximate surface area is 353 Å². The fourth-order valence-corrected chi connectivity index (χ4v) is 4.91. The van der Waals surface area contributed by atoms with Crippen molar-refractivity contribution in [2.45, 2.75) is 0 Å². The van der Waals surface area contributed by atoms with E-state index in [-0.39, 0.29) is 4.90 Å². The first kappa shape index (κ1) is 11.3. The number of furan rings is 1. The summed E-state index contributed by atoms with van der Waals surface area (Å²) in [7, 11) is 0. The molecule has 0 fully saturated rings. The molecule has 0 radical (unpaired) electrons. The number of para-hydroxylation sites is 1. The topological polar surface area (TPSA) is 16.4 Å². The zero-order chi connectivity index (χ0) is 65.2. The van der Waals surface area contributed by atoms with Gasteiger partial charge in [-0.05, 0) is 87.3 Å². The van der Waals surface area contributed by atoms with Crippen LogP contribution in [0.2, 0.25) is 0 Å². The van der Waals surface area contributed by atoms with Gasteiger partial charge in [0, 0.05) is 33.6 Å². The van der Waals surface area contributed by atoms with Crippen molar-refractivity contribution in [2.24, 2.45) is 0 Å². The van der Waals surface area contributed by atoms with Crippen LogP contribution in [0.15, 0.2) is 216 Å². The Hall–Kier alpha value is -6.90. The summed E-state index contributed by atoms with van der Waals surface area (Å²) >= 11 is 0. The van der Waals surface area contributed by atoms with Crippen molar-refractivity contribution < 1.29 is 52.4 Å². The Bertz CT molecular complexity index is 4330. The highest BCUT2D eigenvalue weighted by molar-refractivity contribution is 6.02. The van der Waals surface area contributed by atoms with Gasteiger partial charge in [0.2, 0.25) is 0 Å². The molecule has 0 N–H and O–H groups in total. The van der Waals surface area contributed by atoms with E-state index < -0.39 is 295 Å². The molecule has 0 atom stereocenters. The van der Waals surface area contributed by atoms with Crippen LogP contribution in [-0.4, -0.2) is 0 Å². The minimum atomic E-state index is -1.40. The lowest BCUT2D eigenvalue weighted by atomic mass is 9.96. The fourth-order valence-electron chi connectivity index (χ4n) is 4.91. The van der Waals surface area contributed by atoms with Crippen molar-refractivity contribution in [1.29, 1.82) is 0 Å². The summed E-state index contributed by atoms with van der Waals surface area (Å²) in [6, 6.07) is -38.8. The van der Waals surface area contributed by atoms with Gasteiger partial charge in [-0.2, -0.15) is 0 Å². The number of rotatable bonds is 8. The third-order valence-electron chi connectivity index (χ3n) is 7.19. The predicted octanol–water partition coefficient (Wildman–Crippen LogP) is 14.2. The molecular weight excluding hydrogens is 631 g/mol. The molecule has 0 amide bonds. The summed E-state index contributed by atoms with van der Waals surface area (Å²) in [6.07, 6.45) is 0. The van der Waals surface area contributed by atoms with Gasteiger partial charge in [0.25, 0.3) is 0 Å². The third-order valence-corrected chi connectivity index (χ3v) is 7.19. The van der Waals surface area contributed by atoms with E-state index >= 15 is 0 Å². The van der Waals surface area contributed by atoms with Crippen molar-refractivity contribution in [2.75, 3.05) is 4.90 Å². The normalized spacial score (nSPS) is 20.5. The molecule has 1 heterocycles. The lowest BCUT2D eigenvalue weighted by Gasteiger charge is -2.26. The van der Waals surface area contributed by atoms with Gasteiger partial charge in [0.1, 0.15) is 11.3 Å². The van der Waals surface area contributed by atoms with Crippen LogP contribution in [0, 0.1) is 0 Å². The predicted molar refractivity (Wildman–Crippen MR) is 218 cm³/mol. The Morgan fingerprint density at radius 1 is 0.327 bits per heavy atom. The highest BCUT2D eigenvalue weighted by atomic mass is 16.3. The van der Waals surface area contributed by atoms with Gasteiger partial charge in [-0.3, -0.25) is 0 Å². The van der Waals surface area contributed by atoms with Crippen molar-refractivity contribution in [1.82, 2.24) is 0 Å². The van der Waals surface area contributed by atoms with Crippen molar-refractivity contribution in [3.05, 3.63) is 211 Å². The van der Waals surface area contributed by atoms with E-state index in [0.717, 1.165) is 0 Å². The monoisotopic (exact) mass is 700 g/mol. The highest BCUT2D eigenvalue weighted by Crippen LogP contribution is 2.42. The van der Waals surface area contributed by atoms with Crippen LogP contribution in [0.4, 0.5) is 17.1 Å². The molecule has 0 aliphatic rings. The van der Waals surface area contributed by atoms with Gasteiger partial charge in [0.05, 0.1) is 48.0 Å². The van der Waals surface area contributed by atoms with Gasteiger partial charge < -0.3 is 9.32 Å². The minimum Gasteiger partial charge on any atom is -0.455 e. The standard InChI is InChI=1S/C50H35NO/c1-4-13-36(14-5-1)38-23-29-44(30-24-38)51(45-31-25-39(26-32-45)37-15-6-2-7-16-37)46-33-27-40(28-34-46)42-19-12-20-43(35-42)50-49(41-17-8-3-9-18-41)47-21-10-11-22-48(47)52-50/h1-35H/i1D,2D,3D,4D,5D,6D,7D,8D,9D,10D,11D,12D,13D,14D,15D,16D,17D,18D,19D,20D,21D,22D,23D,24D,25D,26D,27D,28D,29D,30D,31D,32D,33D,34D,35D. The van der Waals surface area contributed by atoms with Gasteiger partial charge >= 0.3 is 0 Å². The molecule has 1 aromatic heterocycles. The second kappa shape index (κ2) is 13.8. The molecule has 9 aromatic rings. The van der Waals surface area contributed by atoms with Crippen molar-refractivity contribution in [3.63, 3.8) is 0 Å². The van der Waals surface area contributed by atoms with E-state index in [2.05, 4.69) is 0 Å². The number of nitrogens with zero attached hydrogens (tertiary/aromatic N) is 1. The van der Waals surface area contributed by atoms with Crippen LogP contribution in [0.25, 0.3) is 66.8 Å². The minimum absolute atomic E-state index is 0.222. The van der Waals surface area contributed by atoms with E-state index in [1.165, 1.54) is 0 Å². The average molecular weight is 701 g/mol. The van der Waals surface area contributed by atoms with Crippen LogP contribution in [0.1, 0.15) is 48.0 Å². The molecule has 0 spiro atoms. The zero-order valence-electron chi connectivity index (χ0n) is 60.9. The Morgan fingerprint density at radius 2 is 0.712 bits per heavy atom. The third kappa shape index (κ3) is 6.08. The molecule has 9 rings (SSSR count). The summed E-state index contributed by atoms with van der Waals surface area (Å²) in [5.74, 6) is -0.941. The number of hydrogen-bond donors (Lipinski definition) is 0. The second-order valence-electron chi connectivity index (χ2n) is 10.3. The van der Waals surface area contributed by atoms with Gasteiger partial charge in [-0.1, -0.05) is 163 Å². The van der Waals surface area contributed by atoms with Crippen LogP contribution in [-0.2, 0) is 0 Å². The maximum Gasteiger partial charge on any atom is 0.143 e. The molecule has 0 unspecified atom stereocenters.